The number of benzene rings is 2. The fraction of sp³-hybridized carbons (Fsp3) is 0.478. The summed E-state index contributed by atoms with van der Waals surface area (Å²) in [6.07, 6.45) is 1.01. The molecule has 0 radical (unpaired) electrons. The van der Waals surface area contributed by atoms with Crippen LogP contribution in [0.5, 0.6) is 11.5 Å². The fourth-order valence-corrected chi connectivity index (χ4v) is 5.45. The zero-order valence-corrected chi connectivity index (χ0v) is 19.7. The van der Waals surface area contributed by atoms with Gasteiger partial charge in [0.15, 0.2) is 11.5 Å². The lowest BCUT2D eigenvalue weighted by atomic mass is 10.0. The predicted octanol–water partition coefficient (Wildman–Crippen LogP) is 2.05. The van der Waals surface area contributed by atoms with E-state index in [0.717, 1.165) is 31.6 Å². The predicted molar refractivity (Wildman–Crippen MR) is 123 cm³/mol. The van der Waals surface area contributed by atoms with E-state index in [1.807, 2.05) is 0 Å². The zero-order valence-electron chi connectivity index (χ0n) is 18.8. The number of rotatable bonds is 8. The minimum atomic E-state index is -3.73. The van der Waals surface area contributed by atoms with Crippen LogP contribution in [0.3, 0.4) is 0 Å². The van der Waals surface area contributed by atoms with Crippen molar-refractivity contribution < 1.29 is 22.6 Å². The van der Waals surface area contributed by atoms with Gasteiger partial charge in [-0.1, -0.05) is 12.1 Å². The number of ether oxygens (including phenoxy) is 3. The van der Waals surface area contributed by atoms with Gasteiger partial charge in [0.2, 0.25) is 10.0 Å². The zero-order chi connectivity index (χ0) is 22.7. The topological polar surface area (TPSA) is 80.3 Å². The Morgan fingerprint density at radius 2 is 1.78 bits per heavy atom. The highest BCUT2D eigenvalue weighted by molar-refractivity contribution is 7.89. The van der Waals surface area contributed by atoms with Crippen molar-refractivity contribution in [1.82, 2.24) is 9.62 Å². The SMILES string of the molecule is COc1ccc(S(=O)(=O)NC[C@H](c2ccc3c(c2)CCN3C)N2CCOCC2)cc1OC. The van der Waals surface area contributed by atoms with Crippen molar-refractivity contribution in [2.45, 2.75) is 17.4 Å². The smallest absolute Gasteiger partial charge is 0.240 e. The molecule has 4 rings (SSSR count). The van der Waals surface area contributed by atoms with Gasteiger partial charge in [-0.2, -0.15) is 0 Å². The highest BCUT2D eigenvalue weighted by Crippen LogP contribution is 2.32. The Labute approximate surface area is 190 Å². The summed E-state index contributed by atoms with van der Waals surface area (Å²) < 4.78 is 45.0. The molecular formula is C23H31N3O5S. The summed E-state index contributed by atoms with van der Waals surface area (Å²) in [5.74, 6) is 0.864. The number of sulfonamides is 1. The summed E-state index contributed by atoms with van der Waals surface area (Å²) in [5.41, 5.74) is 3.68. The van der Waals surface area contributed by atoms with Gasteiger partial charge in [0.1, 0.15) is 0 Å². The Morgan fingerprint density at radius 1 is 1.03 bits per heavy atom. The van der Waals surface area contributed by atoms with Crippen LogP contribution in [0.2, 0.25) is 0 Å². The molecule has 0 unspecified atom stereocenters. The molecule has 9 heteroatoms. The Balaban J connectivity index is 1.58. The third-order valence-electron chi connectivity index (χ3n) is 6.23. The van der Waals surface area contributed by atoms with Crippen LogP contribution in [0.15, 0.2) is 41.3 Å². The van der Waals surface area contributed by atoms with Crippen molar-refractivity contribution in [2.24, 2.45) is 0 Å². The average molecular weight is 462 g/mol. The number of nitrogens with zero attached hydrogens (tertiary/aromatic N) is 2. The van der Waals surface area contributed by atoms with E-state index in [0.29, 0.717) is 24.7 Å². The lowest BCUT2D eigenvalue weighted by Crippen LogP contribution is -2.43. The maximum Gasteiger partial charge on any atom is 0.240 e. The van der Waals surface area contributed by atoms with Gasteiger partial charge in [-0.15, -0.1) is 0 Å². The molecule has 174 valence electrons. The summed E-state index contributed by atoms with van der Waals surface area (Å²) in [7, 11) is 1.37. The van der Waals surface area contributed by atoms with Gasteiger partial charge in [-0.25, -0.2) is 13.1 Å². The van der Waals surface area contributed by atoms with E-state index < -0.39 is 10.0 Å². The molecule has 2 aliphatic rings. The number of fused-ring (bicyclic) bond motifs is 1. The molecule has 0 bridgehead atoms. The molecule has 0 amide bonds. The van der Waals surface area contributed by atoms with Crippen LogP contribution in [-0.4, -0.2) is 74.0 Å². The summed E-state index contributed by atoms with van der Waals surface area (Å²) in [5, 5.41) is 0. The number of hydrogen-bond donors (Lipinski definition) is 1. The molecule has 2 heterocycles. The highest BCUT2D eigenvalue weighted by Gasteiger charge is 2.27. The summed E-state index contributed by atoms with van der Waals surface area (Å²) in [6, 6.07) is 11.0. The molecule has 2 aromatic carbocycles. The molecule has 1 saturated heterocycles. The minimum Gasteiger partial charge on any atom is -0.493 e. The first kappa shape index (κ1) is 22.8. The quantitative estimate of drug-likeness (QED) is 0.644. The number of nitrogens with one attached hydrogen (secondary N) is 1. The Kier molecular flexibility index (Phi) is 6.90. The van der Waals surface area contributed by atoms with Crippen molar-refractivity contribution in [3.8, 4) is 11.5 Å². The van der Waals surface area contributed by atoms with E-state index in [9.17, 15) is 8.42 Å². The molecule has 32 heavy (non-hydrogen) atoms. The van der Waals surface area contributed by atoms with Crippen LogP contribution in [-0.2, 0) is 21.2 Å². The summed E-state index contributed by atoms with van der Waals surface area (Å²) in [6.45, 7) is 4.09. The van der Waals surface area contributed by atoms with Crippen LogP contribution in [0.4, 0.5) is 5.69 Å². The van der Waals surface area contributed by atoms with Crippen LogP contribution in [0, 0.1) is 0 Å². The maximum atomic E-state index is 13.1. The first-order valence-corrected chi connectivity index (χ1v) is 12.3. The molecule has 0 spiro atoms. The molecule has 0 aromatic heterocycles. The molecule has 1 atom stereocenters. The van der Waals surface area contributed by atoms with E-state index >= 15 is 0 Å². The minimum absolute atomic E-state index is 0.0787. The van der Waals surface area contributed by atoms with Crippen molar-refractivity contribution >= 4 is 15.7 Å². The third-order valence-corrected chi connectivity index (χ3v) is 7.66. The van der Waals surface area contributed by atoms with Crippen LogP contribution < -0.4 is 19.1 Å². The van der Waals surface area contributed by atoms with E-state index in [1.54, 1.807) is 6.07 Å². The molecular weight excluding hydrogens is 430 g/mol. The van der Waals surface area contributed by atoms with Gasteiger partial charge in [-0.3, -0.25) is 4.90 Å². The van der Waals surface area contributed by atoms with Gasteiger partial charge >= 0.3 is 0 Å². The average Bonchev–Trinajstić information content (AvgIpc) is 3.19. The second-order valence-electron chi connectivity index (χ2n) is 8.09. The molecule has 1 fully saturated rings. The Hall–Kier alpha value is -2.33. The molecule has 2 aliphatic heterocycles. The van der Waals surface area contributed by atoms with Crippen LogP contribution in [0.25, 0.3) is 0 Å². The Morgan fingerprint density at radius 3 is 2.50 bits per heavy atom. The molecule has 0 saturated carbocycles. The molecule has 2 aromatic rings. The summed E-state index contributed by atoms with van der Waals surface area (Å²) >= 11 is 0. The van der Waals surface area contributed by atoms with Crippen molar-refractivity contribution in [3.63, 3.8) is 0 Å². The largest absolute Gasteiger partial charge is 0.493 e. The third kappa shape index (κ3) is 4.71. The van der Waals surface area contributed by atoms with E-state index in [2.05, 4.69) is 39.8 Å². The maximum absolute atomic E-state index is 13.1. The highest BCUT2D eigenvalue weighted by atomic mass is 32.2. The first-order valence-electron chi connectivity index (χ1n) is 10.8. The number of likely N-dealkylation sites (N-methyl/N-ethyl adjacent to an activating group) is 1. The number of morpholine rings is 1. The normalized spacial score (nSPS) is 17.8. The first-order chi connectivity index (χ1) is 15.4. The van der Waals surface area contributed by atoms with Gasteiger partial charge < -0.3 is 19.1 Å². The van der Waals surface area contributed by atoms with Gasteiger partial charge in [0.05, 0.1) is 32.3 Å². The van der Waals surface area contributed by atoms with Crippen molar-refractivity contribution in [3.05, 3.63) is 47.5 Å². The molecule has 8 nitrogen and oxygen atoms in total. The fourth-order valence-electron chi connectivity index (χ4n) is 4.40. The van der Waals surface area contributed by atoms with Crippen LogP contribution >= 0.6 is 0 Å². The van der Waals surface area contributed by atoms with E-state index in [1.165, 1.54) is 37.6 Å². The number of methoxy groups -OCH3 is 2. The van der Waals surface area contributed by atoms with Gasteiger partial charge in [0, 0.05) is 51.0 Å². The monoisotopic (exact) mass is 461 g/mol. The van der Waals surface area contributed by atoms with Gasteiger partial charge in [0.25, 0.3) is 0 Å². The van der Waals surface area contributed by atoms with Crippen molar-refractivity contribution in [2.75, 3.05) is 65.6 Å². The van der Waals surface area contributed by atoms with E-state index in [4.69, 9.17) is 14.2 Å². The van der Waals surface area contributed by atoms with Crippen LogP contribution in [0.1, 0.15) is 17.2 Å². The lowest BCUT2D eigenvalue weighted by molar-refractivity contribution is 0.0172. The second-order valence-corrected chi connectivity index (χ2v) is 9.86. The van der Waals surface area contributed by atoms with Crippen molar-refractivity contribution in [1.29, 1.82) is 0 Å². The van der Waals surface area contributed by atoms with Gasteiger partial charge in [-0.05, 0) is 35.7 Å². The molecule has 0 aliphatic carbocycles. The standard InChI is InChI=1S/C23H31N3O5S/c1-25-9-8-18-14-17(4-6-20(18)25)21(26-10-12-31-13-11-26)16-24-32(27,28)19-5-7-22(29-2)23(15-19)30-3/h4-7,14-15,21,24H,8-13,16H2,1-3H3/t21-/m1/s1. The van der Waals surface area contributed by atoms with E-state index in [-0.39, 0.29) is 17.5 Å². The second kappa shape index (κ2) is 9.66. The molecule has 1 N–H and O–H groups in total. The number of anilines is 1. The summed E-state index contributed by atoms with van der Waals surface area (Å²) in [4.78, 5) is 4.69. The lowest BCUT2D eigenvalue weighted by Gasteiger charge is -2.35. The Bertz CT molecular complexity index is 1050. The number of hydrogen-bond acceptors (Lipinski definition) is 7.